The van der Waals surface area contributed by atoms with Crippen molar-refractivity contribution in [3.63, 3.8) is 0 Å². The van der Waals surface area contributed by atoms with Crippen LogP contribution in [-0.2, 0) is 15.5 Å². The van der Waals surface area contributed by atoms with Crippen molar-refractivity contribution in [2.24, 2.45) is 5.92 Å². The van der Waals surface area contributed by atoms with Gasteiger partial charge >= 0.3 is 0 Å². The van der Waals surface area contributed by atoms with Crippen LogP contribution < -0.4 is 5.73 Å². The first-order valence-corrected chi connectivity index (χ1v) is 6.81. The Labute approximate surface area is 98.4 Å². The quantitative estimate of drug-likeness (QED) is 0.800. The Balaban J connectivity index is 1.91. The smallest absolute Gasteiger partial charge is 0.126 e. The lowest BCUT2D eigenvalue weighted by molar-refractivity contribution is 0.168. The molecule has 0 bridgehead atoms. The van der Waals surface area contributed by atoms with Crippen molar-refractivity contribution in [3.05, 3.63) is 23.8 Å². The Morgan fingerprint density at radius 3 is 2.88 bits per heavy atom. The molecule has 16 heavy (non-hydrogen) atoms. The number of rotatable bonds is 5. The van der Waals surface area contributed by atoms with Crippen molar-refractivity contribution in [2.45, 2.75) is 24.7 Å². The summed E-state index contributed by atoms with van der Waals surface area (Å²) in [5.74, 6) is 1.01. The van der Waals surface area contributed by atoms with E-state index in [-0.39, 0.29) is 0 Å². The highest BCUT2D eigenvalue weighted by Gasteiger charge is 2.21. The zero-order valence-electron chi connectivity index (χ0n) is 9.44. The summed E-state index contributed by atoms with van der Waals surface area (Å²) < 4.78 is 17.4. The highest BCUT2D eigenvalue weighted by atomic mass is 32.2. The summed E-state index contributed by atoms with van der Waals surface area (Å²) in [4.78, 5) is 0.824. The van der Waals surface area contributed by atoms with Crippen molar-refractivity contribution in [3.8, 4) is 0 Å². The lowest BCUT2D eigenvalue weighted by Crippen LogP contribution is -2.06. The molecule has 4 heteroatoms. The maximum atomic E-state index is 11.9. The highest BCUT2D eigenvalue weighted by Crippen LogP contribution is 2.29. The molecule has 1 aliphatic carbocycles. The Morgan fingerprint density at radius 2 is 2.25 bits per heavy atom. The molecule has 0 saturated heterocycles. The molecule has 1 saturated carbocycles. The fourth-order valence-corrected chi connectivity index (χ4v) is 2.58. The molecule has 88 valence electrons. The third-order valence-electron chi connectivity index (χ3n) is 2.69. The van der Waals surface area contributed by atoms with Gasteiger partial charge in [-0.25, -0.2) is 0 Å². The summed E-state index contributed by atoms with van der Waals surface area (Å²) >= 11 is 0. The van der Waals surface area contributed by atoms with E-state index in [0.717, 1.165) is 17.1 Å². The SMILES string of the molecule is Cc1cc(N)ccc1S(=O)COCC1CC1. The van der Waals surface area contributed by atoms with Crippen molar-refractivity contribution >= 4 is 16.5 Å². The van der Waals surface area contributed by atoms with E-state index in [9.17, 15) is 4.21 Å². The number of benzene rings is 1. The van der Waals surface area contributed by atoms with E-state index in [1.807, 2.05) is 19.1 Å². The summed E-state index contributed by atoms with van der Waals surface area (Å²) in [6.45, 7) is 2.67. The minimum absolute atomic E-state index is 0.293. The predicted octanol–water partition coefficient (Wildman–Crippen LogP) is 2.07. The minimum Gasteiger partial charge on any atom is -0.399 e. The minimum atomic E-state index is -1.07. The highest BCUT2D eigenvalue weighted by molar-refractivity contribution is 7.84. The summed E-state index contributed by atoms with van der Waals surface area (Å²) in [6.07, 6.45) is 2.51. The van der Waals surface area contributed by atoms with Gasteiger partial charge in [-0.1, -0.05) is 0 Å². The van der Waals surface area contributed by atoms with Crippen LogP contribution in [0.2, 0.25) is 0 Å². The summed E-state index contributed by atoms with van der Waals surface area (Å²) in [7, 11) is -1.07. The standard InChI is InChI=1S/C12H17NO2S/c1-9-6-11(13)4-5-12(9)16(14)8-15-7-10-2-3-10/h4-6,10H,2-3,7-8,13H2,1H3. The monoisotopic (exact) mass is 239 g/mol. The molecule has 2 N–H and O–H groups in total. The number of ether oxygens (including phenoxy) is 1. The second-order valence-electron chi connectivity index (χ2n) is 4.30. The van der Waals surface area contributed by atoms with Gasteiger partial charge in [-0.3, -0.25) is 4.21 Å². The first-order valence-electron chi connectivity index (χ1n) is 5.49. The Morgan fingerprint density at radius 1 is 1.50 bits per heavy atom. The molecular formula is C12H17NO2S. The maximum Gasteiger partial charge on any atom is 0.126 e. The zero-order chi connectivity index (χ0) is 11.5. The topological polar surface area (TPSA) is 52.3 Å². The number of hydrogen-bond donors (Lipinski definition) is 1. The summed E-state index contributed by atoms with van der Waals surface area (Å²) in [5.41, 5.74) is 7.32. The average molecular weight is 239 g/mol. The average Bonchev–Trinajstić information content (AvgIpc) is 3.01. The van der Waals surface area contributed by atoms with Crippen LogP contribution in [0.5, 0.6) is 0 Å². The van der Waals surface area contributed by atoms with Gasteiger partial charge in [0.05, 0.1) is 17.4 Å². The van der Waals surface area contributed by atoms with Crippen LogP contribution in [0.1, 0.15) is 18.4 Å². The predicted molar refractivity (Wildman–Crippen MR) is 65.5 cm³/mol. The molecule has 3 nitrogen and oxygen atoms in total. The van der Waals surface area contributed by atoms with Crippen molar-refractivity contribution < 1.29 is 8.95 Å². The maximum absolute atomic E-state index is 11.9. The molecule has 0 spiro atoms. The Bertz CT molecular complexity index is 402. The number of anilines is 1. The van der Waals surface area contributed by atoms with Crippen LogP contribution >= 0.6 is 0 Å². The van der Waals surface area contributed by atoms with E-state index in [1.165, 1.54) is 12.8 Å². The number of nitrogens with two attached hydrogens (primary N) is 1. The number of aryl methyl sites for hydroxylation is 1. The third-order valence-corrected chi connectivity index (χ3v) is 4.01. The van der Waals surface area contributed by atoms with E-state index >= 15 is 0 Å². The van der Waals surface area contributed by atoms with Crippen LogP contribution in [-0.4, -0.2) is 16.8 Å². The van der Waals surface area contributed by atoms with Crippen molar-refractivity contribution in [2.75, 3.05) is 18.3 Å². The van der Waals surface area contributed by atoms with E-state index in [1.54, 1.807) is 6.07 Å². The first-order chi connectivity index (χ1) is 7.66. The Kier molecular flexibility index (Phi) is 3.61. The fraction of sp³-hybridized carbons (Fsp3) is 0.500. The van der Waals surface area contributed by atoms with Gasteiger partial charge < -0.3 is 10.5 Å². The normalized spacial score (nSPS) is 17.3. The van der Waals surface area contributed by atoms with Crippen molar-refractivity contribution in [1.82, 2.24) is 0 Å². The molecule has 0 heterocycles. The van der Waals surface area contributed by atoms with Gasteiger partial charge in [0.2, 0.25) is 0 Å². The van der Waals surface area contributed by atoms with Gasteiger partial charge in [0.1, 0.15) is 5.94 Å². The van der Waals surface area contributed by atoms with Gasteiger partial charge in [-0.2, -0.15) is 0 Å². The molecule has 1 aromatic rings. The van der Waals surface area contributed by atoms with Gasteiger partial charge in [0, 0.05) is 10.6 Å². The second-order valence-corrected chi connectivity index (χ2v) is 5.67. The van der Waals surface area contributed by atoms with Crippen LogP contribution in [0.15, 0.2) is 23.1 Å². The third kappa shape index (κ3) is 3.06. The van der Waals surface area contributed by atoms with Crippen LogP contribution in [0, 0.1) is 12.8 Å². The molecule has 0 aliphatic heterocycles. The van der Waals surface area contributed by atoms with Gasteiger partial charge in [-0.05, 0) is 49.4 Å². The molecule has 1 fully saturated rings. The van der Waals surface area contributed by atoms with Crippen LogP contribution in [0.25, 0.3) is 0 Å². The van der Waals surface area contributed by atoms with Gasteiger partial charge in [0.25, 0.3) is 0 Å². The number of nitrogen functional groups attached to an aromatic ring is 1. The fourth-order valence-electron chi connectivity index (χ4n) is 1.57. The zero-order valence-corrected chi connectivity index (χ0v) is 10.3. The molecule has 0 amide bonds. The van der Waals surface area contributed by atoms with E-state index in [4.69, 9.17) is 10.5 Å². The van der Waals surface area contributed by atoms with Gasteiger partial charge in [-0.15, -0.1) is 0 Å². The molecule has 0 radical (unpaired) electrons. The Hall–Kier alpha value is -0.870. The lowest BCUT2D eigenvalue weighted by atomic mass is 10.2. The molecule has 0 aromatic heterocycles. The molecule has 1 aromatic carbocycles. The summed E-state index contributed by atoms with van der Waals surface area (Å²) in [5, 5.41) is 0. The molecular weight excluding hydrogens is 222 g/mol. The van der Waals surface area contributed by atoms with Crippen LogP contribution in [0.3, 0.4) is 0 Å². The largest absolute Gasteiger partial charge is 0.399 e. The van der Waals surface area contributed by atoms with E-state index in [2.05, 4.69) is 0 Å². The molecule has 1 unspecified atom stereocenters. The second kappa shape index (κ2) is 4.97. The molecule has 1 atom stereocenters. The summed E-state index contributed by atoms with van der Waals surface area (Å²) in [6, 6.07) is 5.44. The van der Waals surface area contributed by atoms with E-state index < -0.39 is 10.8 Å². The van der Waals surface area contributed by atoms with E-state index in [0.29, 0.717) is 17.5 Å². The molecule has 2 rings (SSSR count). The van der Waals surface area contributed by atoms with Crippen molar-refractivity contribution in [1.29, 1.82) is 0 Å². The molecule has 1 aliphatic rings. The van der Waals surface area contributed by atoms with Crippen LogP contribution in [0.4, 0.5) is 5.69 Å². The van der Waals surface area contributed by atoms with Gasteiger partial charge in [0.15, 0.2) is 0 Å². The lowest BCUT2D eigenvalue weighted by Gasteiger charge is -2.07. The first kappa shape index (κ1) is 11.6. The number of hydrogen-bond acceptors (Lipinski definition) is 3.